The molecule has 178 valence electrons. The molecular weight excluding hydrogens is 464 g/mol. The number of hydrogen-bond acceptors (Lipinski definition) is 6. The summed E-state index contributed by atoms with van der Waals surface area (Å²) in [6.07, 6.45) is 5.82. The Bertz CT molecular complexity index is 1370. The molecule has 2 aromatic carbocycles. The average molecular weight is 489 g/mol. The summed E-state index contributed by atoms with van der Waals surface area (Å²) >= 11 is 6.08. The first-order chi connectivity index (χ1) is 17.0. The van der Waals surface area contributed by atoms with E-state index in [2.05, 4.69) is 20.6 Å². The van der Waals surface area contributed by atoms with Crippen molar-refractivity contribution in [2.75, 3.05) is 11.9 Å². The van der Waals surface area contributed by atoms with E-state index in [4.69, 9.17) is 21.3 Å². The van der Waals surface area contributed by atoms with Crippen LogP contribution in [0.25, 0.3) is 5.82 Å². The molecule has 0 saturated carbocycles. The molecular formula is C26H25ClN6O2. The first-order valence-electron chi connectivity index (χ1n) is 11.4. The van der Waals surface area contributed by atoms with E-state index in [1.54, 1.807) is 29.4 Å². The van der Waals surface area contributed by atoms with Crippen molar-refractivity contribution in [2.24, 2.45) is 0 Å². The largest absolute Gasteiger partial charge is 0.493 e. The minimum Gasteiger partial charge on any atom is -0.493 e. The summed E-state index contributed by atoms with van der Waals surface area (Å²) < 4.78 is 7.49. The number of carbonyl (C=O) groups excluding carboxylic acids is 1. The highest BCUT2D eigenvalue weighted by molar-refractivity contribution is 6.30. The Kier molecular flexibility index (Phi) is 6.37. The number of aromatic nitrogens is 4. The van der Waals surface area contributed by atoms with E-state index in [-0.39, 0.29) is 18.0 Å². The third kappa shape index (κ3) is 4.97. The number of ether oxygens (including phenoxy) is 1. The van der Waals surface area contributed by atoms with E-state index in [1.165, 1.54) is 0 Å². The van der Waals surface area contributed by atoms with E-state index in [0.717, 1.165) is 28.9 Å². The normalized spacial score (nSPS) is 15.6. The Balaban J connectivity index is 1.33. The van der Waals surface area contributed by atoms with Crippen molar-refractivity contribution in [3.05, 3.63) is 94.7 Å². The number of hydrogen-bond donors (Lipinski definition) is 2. The van der Waals surface area contributed by atoms with Crippen molar-refractivity contribution in [1.82, 2.24) is 24.8 Å². The first-order valence-corrected chi connectivity index (χ1v) is 11.8. The average Bonchev–Trinajstić information content (AvgIpc) is 3.36. The summed E-state index contributed by atoms with van der Waals surface area (Å²) in [5.74, 6) is 1.75. The number of anilines is 1. The van der Waals surface area contributed by atoms with Gasteiger partial charge in [0.25, 0.3) is 5.91 Å². The number of halogens is 1. The predicted molar refractivity (Wildman–Crippen MR) is 134 cm³/mol. The van der Waals surface area contributed by atoms with Crippen LogP contribution in [-0.4, -0.2) is 32.0 Å². The third-order valence-electron chi connectivity index (χ3n) is 5.96. The van der Waals surface area contributed by atoms with Crippen LogP contribution in [0.1, 0.15) is 52.6 Å². The van der Waals surface area contributed by atoms with E-state index < -0.39 is 0 Å². The molecule has 1 unspecified atom stereocenters. The van der Waals surface area contributed by atoms with Crippen molar-refractivity contribution < 1.29 is 9.53 Å². The number of aryl methyl sites for hydroxylation is 1. The van der Waals surface area contributed by atoms with E-state index in [1.807, 2.05) is 56.3 Å². The van der Waals surface area contributed by atoms with Gasteiger partial charge in [-0.05, 0) is 37.6 Å². The molecule has 0 aliphatic carbocycles. The molecule has 4 aromatic rings. The Labute approximate surface area is 208 Å². The number of nitrogens with one attached hydrogen (secondary N) is 2. The molecule has 5 rings (SSSR count). The fourth-order valence-corrected chi connectivity index (χ4v) is 4.30. The smallest absolute Gasteiger partial charge is 0.271 e. The molecule has 8 nitrogen and oxygen atoms in total. The minimum atomic E-state index is -0.278. The number of carbonyl (C=O) groups is 1. The SMILES string of the molecule is Cc1cnc(NC2CCOc3ccccc32)nc1-n1cnc(C(=O)N[C@H](C)c2cccc(Cl)c2)c1. The van der Waals surface area contributed by atoms with Crippen molar-refractivity contribution >= 4 is 23.5 Å². The van der Waals surface area contributed by atoms with Crippen LogP contribution in [0.2, 0.25) is 5.02 Å². The van der Waals surface area contributed by atoms with Gasteiger partial charge in [0.05, 0.1) is 18.7 Å². The lowest BCUT2D eigenvalue weighted by atomic mass is 10.0. The number of fused-ring (bicyclic) bond motifs is 1. The quantitative estimate of drug-likeness (QED) is 0.394. The molecule has 0 bridgehead atoms. The lowest BCUT2D eigenvalue weighted by Gasteiger charge is -2.26. The zero-order valence-electron chi connectivity index (χ0n) is 19.4. The molecule has 1 aliphatic rings. The van der Waals surface area contributed by atoms with E-state index >= 15 is 0 Å². The molecule has 2 N–H and O–H groups in total. The van der Waals surface area contributed by atoms with Crippen LogP contribution in [-0.2, 0) is 0 Å². The van der Waals surface area contributed by atoms with Crippen LogP contribution < -0.4 is 15.4 Å². The zero-order valence-corrected chi connectivity index (χ0v) is 20.2. The van der Waals surface area contributed by atoms with Gasteiger partial charge >= 0.3 is 0 Å². The van der Waals surface area contributed by atoms with Crippen LogP contribution in [0.4, 0.5) is 5.95 Å². The molecule has 9 heteroatoms. The van der Waals surface area contributed by atoms with Crippen LogP contribution in [0.5, 0.6) is 5.75 Å². The summed E-state index contributed by atoms with van der Waals surface area (Å²) in [5, 5.41) is 7.02. The van der Waals surface area contributed by atoms with Gasteiger partial charge in [-0.15, -0.1) is 0 Å². The molecule has 0 radical (unpaired) electrons. The topological polar surface area (TPSA) is 94.0 Å². The van der Waals surface area contributed by atoms with E-state index in [9.17, 15) is 4.79 Å². The first kappa shape index (κ1) is 22.9. The monoisotopic (exact) mass is 488 g/mol. The summed E-state index contributed by atoms with van der Waals surface area (Å²) in [7, 11) is 0. The van der Waals surface area contributed by atoms with E-state index in [0.29, 0.717) is 29.1 Å². The van der Waals surface area contributed by atoms with Crippen molar-refractivity contribution in [3.8, 4) is 11.6 Å². The molecule has 35 heavy (non-hydrogen) atoms. The molecule has 2 atom stereocenters. The Morgan fingerprint density at radius 2 is 2.06 bits per heavy atom. The molecule has 1 aliphatic heterocycles. The van der Waals surface area contributed by atoms with Crippen molar-refractivity contribution in [2.45, 2.75) is 32.4 Å². The second-order valence-electron chi connectivity index (χ2n) is 8.49. The second kappa shape index (κ2) is 9.76. The number of benzene rings is 2. The summed E-state index contributed by atoms with van der Waals surface area (Å²) in [6.45, 7) is 4.45. The van der Waals surface area contributed by atoms with Gasteiger partial charge in [0, 0.05) is 35.0 Å². The standard InChI is InChI=1S/C26H25ClN6O2/c1-16-13-28-26(31-21-10-11-35-23-9-4-3-8-20(21)23)32-24(16)33-14-22(29-15-33)25(34)30-17(2)18-6-5-7-19(27)12-18/h3-9,12-15,17,21H,10-11H2,1-2H3,(H,30,34)(H,28,31,32)/t17-,21?/m1/s1. The van der Waals surface area contributed by atoms with Gasteiger partial charge in [0.1, 0.15) is 23.6 Å². The molecule has 0 saturated heterocycles. The van der Waals surface area contributed by atoms with Gasteiger partial charge < -0.3 is 15.4 Å². The highest BCUT2D eigenvalue weighted by Crippen LogP contribution is 2.33. The fourth-order valence-electron chi connectivity index (χ4n) is 4.10. The maximum atomic E-state index is 12.8. The van der Waals surface area contributed by atoms with Crippen molar-refractivity contribution in [1.29, 1.82) is 0 Å². The van der Waals surface area contributed by atoms with Crippen molar-refractivity contribution in [3.63, 3.8) is 0 Å². The molecule has 0 spiro atoms. The lowest BCUT2D eigenvalue weighted by molar-refractivity contribution is 0.0935. The Morgan fingerprint density at radius 1 is 1.20 bits per heavy atom. The van der Waals surface area contributed by atoms with Gasteiger partial charge in [0.15, 0.2) is 0 Å². The molecule has 0 fully saturated rings. The number of para-hydroxylation sites is 1. The van der Waals surface area contributed by atoms with Gasteiger partial charge in [-0.3, -0.25) is 9.36 Å². The lowest BCUT2D eigenvalue weighted by Crippen LogP contribution is -2.26. The maximum absolute atomic E-state index is 12.8. The van der Waals surface area contributed by atoms with Gasteiger partial charge in [-0.2, -0.15) is 4.98 Å². The van der Waals surface area contributed by atoms with Gasteiger partial charge in [0.2, 0.25) is 5.95 Å². The molecule has 1 amide bonds. The summed E-state index contributed by atoms with van der Waals surface area (Å²) in [4.78, 5) is 26.3. The van der Waals surface area contributed by atoms with Crippen LogP contribution in [0, 0.1) is 6.92 Å². The summed E-state index contributed by atoms with van der Waals surface area (Å²) in [5.41, 5.74) is 3.16. The Morgan fingerprint density at radius 3 is 2.91 bits per heavy atom. The highest BCUT2D eigenvalue weighted by Gasteiger charge is 2.22. The maximum Gasteiger partial charge on any atom is 0.271 e. The fraction of sp³-hybridized carbons (Fsp3) is 0.231. The molecule has 3 heterocycles. The Hall–Kier alpha value is -3.91. The number of amides is 1. The van der Waals surface area contributed by atoms with Gasteiger partial charge in [-0.25, -0.2) is 9.97 Å². The minimum absolute atomic E-state index is 0.0487. The van der Waals surface area contributed by atoms with Gasteiger partial charge in [-0.1, -0.05) is 41.9 Å². The number of rotatable bonds is 6. The number of imidazole rings is 1. The van der Waals surface area contributed by atoms with Crippen LogP contribution in [0.15, 0.2) is 67.3 Å². The molecule has 2 aromatic heterocycles. The second-order valence-corrected chi connectivity index (χ2v) is 8.92. The summed E-state index contributed by atoms with van der Waals surface area (Å²) in [6, 6.07) is 15.2. The van der Waals surface area contributed by atoms with Crippen LogP contribution in [0.3, 0.4) is 0 Å². The zero-order chi connectivity index (χ0) is 24.4. The van der Waals surface area contributed by atoms with Crippen LogP contribution >= 0.6 is 11.6 Å². The highest BCUT2D eigenvalue weighted by atomic mass is 35.5. The predicted octanol–water partition coefficient (Wildman–Crippen LogP) is 5.05. The third-order valence-corrected chi connectivity index (χ3v) is 6.20. The number of nitrogens with zero attached hydrogens (tertiary/aromatic N) is 4.